The van der Waals surface area contributed by atoms with Crippen LogP contribution in [0.2, 0.25) is 0 Å². The number of ether oxygens (including phenoxy) is 3. The fourth-order valence-electron chi connectivity index (χ4n) is 1.83. The molecule has 3 nitrogen and oxygen atoms in total. The number of hydrogen-bond donors (Lipinski definition) is 0. The molecule has 19 heavy (non-hydrogen) atoms. The number of rotatable bonds is 6. The fourth-order valence-corrected chi connectivity index (χ4v) is 1.83. The van der Waals surface area contributed by atoms with E-state index in [0.717, 1.165) is 22.6 Å². The number of para-hydroxylation sites is 1. The van der Waals surface area contributed by atoms with Crippen LogP contribution in [-0.2, 0) is 22.7 Å². The molecule has 0 aliphatic heterocycles. The third-order valence-corrected chi connectivity index (χ3v) is 2.73. The lowest BCUT2D eigenvalue weighted by Gasteiger charge is -2.11. The summed E-state index contributed by atoms with van der Waals surface area (Å²) in [5.41, 5.74) is 2.16. The summed E-state index contributed by atoms with van der Waals surface area (Å²) in [4.78, 5) is 0. The SMILES string of the molecule is COCc1ccc(Oc2ccccc2COC)cc1. The zero-order chi connectivity index (χ0) is 13.5. The van der Waals surface area contributed by atoms with E-state index >= 15 is 0 Å². The molecule has 0 saturated carbocycles. The highest BCUT2D eigenvalue weighted by atomic mass is 16.5. The Morgan fingerprint density at radius 1 is 0.789 bits per heavy atom. The van der Waals surface area contributed by atoms with Crippen LogP contribution in [0.25, 0.3) is 0 Å². The summed E-state index contributed by atoms with van der Waals surface area (Å²) >= 11 is 0. The predicted octanol–water partition coefficient (Wildman–Crippen LogP) is 3.77. The molecule has 0 N–H and O–H groups in total. The van der Waals surface area contributed by atoms with Gasteiger partial charge >= 0.3 is 0 Å². The van der Waals surface area contributed by atoms with Crippen LogP contribution in [0.4, 0.5) is 0 Å². The summed E-state index contributed by atoms with van der Waals surface area (Å²) in [6, 6.07) is 15.7. The van der Waals surface area contributed by atoms with Crippen molar-refractivity contribution >= 4 is 0 Å². The van der Waals surface area contributed by atoms with E-state index in [1.54, 1.807) is 14.2 Å². The summed E-state index contributed by atoms with van der Waals surface area (Å²) < 4.78 is 16.1. The van der Waals surface area contributed by atoms with Gasteiger partial charge in [-0.2, -0.15) is 0 Å². The smallest absolute Gasteiger partial charge is 0.132 e. The van der Waals surface area contributed by atoms with Crippen molar-refractivity contribution in [2.24, 2.45) is 0 Å². The zero-order valence-electron chi connectivity index (χ0n) is 11.3. The lowest BCUT2D eigenvalue weighted by molar-refractivity contribution is 0.182. The molecule has 0 aliphatic rings. The summed E-state index contributed by atoms with van der Waals surface area (Å²) in [6.07, 6.45) is 0. The molecule has 0 aliphatic carbocycles. The van der Waals surface area contributed by atoms with Gasteiger partial charge in [-0.1, -0.05) is 30.3 Å². The topological polar surface area (TPSA) is 27.7 Å². The Morgan fingerprint density at radius 2 is 1.47 bits per heavy atom. The Balaban J connectivity index is 2.12. The molecular formula is C16H18O3. The van der Waals surface area contributed by atoms with Crippen LogP contribution in [0.1, 0.15) is 11.1 Å². The molecule has 2 aromatic carbocycles. The highest BCUT2D eigenvalue weighted by Crippen LogP contribution is 2.26. The Bertz CT molecular complexity index is 506. The van der Waals surface area contributed by atoms with E-state index in [9.17, 15) is 0 Å². The first-order chi connectivity index (χ1) is 9.33. The monoisotopic (exact) mass is 258 g/mol. The molecule has 0 unspecified atom stereocenters. The van der Waals surface area contributed by atoms with Gasteiger partial charge in [0.2, 0.25) is 0 Å². The second-order valence-electron chi connectivity index (χ2n) is 4.22. The van der Waals surface area contributed by atoms with Crippen LogP contribution in [-0.4, -0.2) is 14.2 Å². The number of hydrogen-bond acceptors (Lipinski definition) is 3. The maximum Gasteiger partial charge on any atom is 0.132 e. The minimum Gasteiger partial charge on any atom is -0.457 e. The molecule has 0 bridgehead atoms. The maximum absolute atomic E-state index is 5.87. The summed E-state index contributed by atoms with van der Waals surface area (Å²) in [7, 11) is 3.36. The fraction of sp³-hybridized carbons (Fsp3) is 0.250. The van der Waals surface area contributed by atoms with Gasteiger partial charge < -0.3 is 14.2 Å². The van der Waals surface area contributed by atoms with Crippen LogP contribution in [0.5, 0.6) is 11.5 Å². The minimum atomic E-state index is 0.540. The third kappa shape index (κ3) is 3.81. The first kappa shape index (κ1) is 13.6. The van der Waals surface area contributed by atoms with E-state index < -0.39 is 0 Å². The molecule has 0 amide bonds. The Kier molecular flexibility index (Phi) is 4.95. The second kappa shape index (κ2) is 6.92. The minimum absolute atomic E-state index is 0.540. The predicted molar refractivity (Wildman–Crippen MR) is 74.4 cm³/mol. The summed E-state index contributed by atoms with van der Waals surface area (Å²) in [6.45, 7) is 1.15. The number of benzene rings is 2. The molecule has 0 atom stereocenters. The van der Waals surface area contributed by atoms with Gasteiger partial charge in [-0.05, 0) is 23.8 Å². The van der Waals surface area contributed by atoms with E-state index in [2.05, 4.69) is 0 Å². The largest absolute Gasteiger partial charge is 0.457 e. The molecule has 0 radical (unpaired) electrons. The van der Waals surface area contributed by atoms with Crippen molar-refractivity contribution < 1.29 is 14.2 Å². The van der Waals surface area contributed by atoms with Crippen molar-refractivity contribution in [2.75, 3.05) is 14.2 Å². The van der Waals surface area contributed by atoms with E-state index in [1.165, 1.54) is 0 Å². The second-order valence-corrected chi connectivity index (χ2v) is 4.22. The van der Waals surface area contributed by atoms with Crippen molar-refractivity contribution in [1.82, 2.24) is 0 Å². The summed E-state index contributed by atoms with van der Waals surface area (Å²) in [5, 5.41) is 0. The molecule has 2 rings (SSSR count). The molecular weight excluding hydrogens is 240 g/mol. The van der Waals surface area contributed by atoms with E-state index in [4.69, 9.17) is 14.2 Å². The first-order valence-electron chi connectivity index (χ1n) is 6.16. The van der Waals surface area contributed by atoms with E-state index in [-0.39, 0.29) is 0 Å². The third-order valence-electron chi connectivity index (χ3n) is 2.73. The van der Waals surface area contributed by atoms with Gasteiger partial charge in [0, 0.05) is 19.8 Å². The average molecular weight is 258 g/mol. The first-order valence-corrected chi connectivity index (χ1v) is 6.16. The van der Waals surface area contributed by atoms with Crippen molar-refractivity contribution in [3.8, 4) is 11.5 Å². The van der Waals surface area contributed by atoms with Crippen LogP contribution in [0.3, 0.4) is 0 Å². The van der Waals surface area contributed by atoms with Crippen LogP contribution < -0.4 is 4.74 Å². The lowest BCUT2D eigenvalue weighted by Crippen LogP contribution is -1.93. The highest BCUT2D eigenvalue weighted by Gasteiger charge is 2.04. The van der Waals surface area contributed by atoms with Crippen LogP contribution in [0, 0.1) is 0 Å². The number of methoxy groups -OCH3 is 2. The molecule has 100 valence electrons. The van der Waals surface area contributed by atoms with E-state index in [1.807, 2.05) is 48.5 Å². The zero-order valence-corrected chi connectivity index (χ0v) is 11.3. The van der Waals surface area contributed by atoms with Gasteiger partial charge in [0.1, 0.15) is 11.5 Å². The Morgan fingerprint density at radius 3 is 2.16 bits per heavy atom. The Hall–Kier alpha value is -1.84. The van der Waals surface area contributed by atoms with Gasteiger partial charge in [-0.3, -0.25) is 0 Å². The molecule has 0 saturated heterocycles. The van der Waals surface area contributed by atoms with E-state index in [0.29, 0.717) is 13.2 Å². The Labute approximate surface area is 113 Å². The maximum atomic E-state index is 5.87. The van der Waals surface area contributed by atoms with Gasteiger partial charge in [-0.25, -0.2) is 0 Å². The summed E-state index contributed by atoms with van der Waals surface area (Å²) in [5.74, 6) is 1.63. The van der Waals surface area contributed by atoms with Gasteiger partial charge in [0.25, 0.3) is 0 Å². The lowest BCUT2D eigenvalue weighted by atomic mass is 10.2. The molecule has 0 fully saturated rings. The normalized spacial score (nSPS) is 10.4. The molecule has 2 aromatic rings. The van der Waals surface area contributed by atoms with Gasteiger partial charge in [0.15, 0.2) is 0 Å². The van der Waals surface area contributed by atoms with Crippen molar-refractivity contribution in [1.29, 1.82) is 0 Å². The van der Waals surface area contributed by atoms with Crippen molar-refractivity contribution in [2.45, 2.75) is 13.2 Å². The van der Waals surface area contributed by atoms with Crippen LogP contribution in [0.15, 0.2) is 48.5 Å². The molecule has 0 heterocycles. The quantitative estimate of drug-likeness (QED) is 0.789. The van der Waals surface area contributed by atoms with Crippen LogP contribution >= 0.6 is 0 Å². The molecule has 0 aromatic heterocycles. The van der Waals surface area contributed by atoms with Gasteiger partial charge in [-0.15, -0.1) is 0 Å². The highest BCUT2D eigenvalue weighted by molar-refractivity contribution is 5.38. The molecule has 3 heteroatoms. The van der Waals surface area contributed by atoms with Crippen molar-refractivity contribution in [3.63, 3.8) is 0 Å². The standard InChI is InChI=1S/C16H18O3/c1-17-11-13-7-9-15(10-8-13)19-16-6-4-3-5-14(16)12-18-2/h3-10H,11-12H2,1-2H3. The molecule has 0 spiro atoms. The van der Waals surface area contributed by atoms with Crippen molar-refractivity contribution in [3.05, 3.63) is 59.7 Å². The average Bonchev–Trinajstić information content (AvgIpc) is 2.44. The van der Waals surface area contributed by atoms with Gasteiger partial charge in [0.05, 0.1) is 13.2 Å².